The van der Waals surface area contributed by atoms with Crippen LogP contribution in [0.5, 0.6) is 5.75 Å². The molecule has 2 aromatic carbocycles. The number of aromatic hydroxyl groups is 1. The Bertz CT molecular complexity index is 674. The van der Waals surface area contributed by atoms with Crippen molar-refractivity contribution in [2.45, 2.75) is 19.9 Å². The average Bonchev–Trinajstić information content (AvgIpc) is 2.78. The van der Waals surface area contributed by atoms with Crippen LogP contribution >= 0.6 is 11.6 Å². The van der Waals surface area contributed by atoms with E-state index in [9.17, 15) is 5.11 Å². The molecule has 0 bridgehead atoms. The van der Waals surface area contributed by atoms with E-state index in [1.807, 2.05) is 12.1 Å². The number of halogens is 1. The van der Waals surface area contributed by atoms with E-state index in [1.54, 1.807) is 6.07 Å². The molecule has 4 heteroatoms. The van der Waals surface area contributed by atoms with E-state index in [2.05, 4.69) is 41.0 Å². The molecule has 0 unspecified atom stereocenters. The second-order valence-electron chi connectivity index (χ2n) is 6.15. The molecule has 3 rings (SSSR count). The van der Waals surface area contributed by atoms with Crippen molar-refractivity contribution in [2.24, 2.45) is 0 Å². The Balaban J connectivity index is 1.67. The van der Waals surface area contributed by atoms with Gasteiger partial charge in [0.1, 0.15) is 5.75 Å². The summed E-state index contributed by atoms with van der Waals surface area (Å²) < 4.78 is 0. The van der Waals surface area contributed by atoms with Crippen LogP contribution in [0, 0.1) is 6.92 Å². The Morgan fingerprint density at radius 1 is 1.00 bits per heavy atom. The van der Waals surface area contributed by atoms with E-state index in [1.165, 1.54) is 11.3 Å². The minimum atomic E-state index is 0.167. The molecule has 0 aromatic heterocycles. The van der Waals surface area contributed by atoms with Crippen LogP contribution in [0.15, 0.2) is 42.5 Å². The molecule has 0 atom stereocenters. The van der Waals surface area contributed by atoms with E-state index >= 15 is 0 Å². The highest BCUT2D eigenvalue weighted by atomic mass is 35.5. The predicted octanol–water partition coefficient (Wildman–Crippen LogP) is 4.07. The van der Waals surface area contributed by atoms with E-state index in [0.29, 0.717) is 5.02 Å². The van der Waals surface area contributed by atoms with Gasteiger partial charge in [0.25, 0.3) is 0 Å². The molecular formula is C19H23ClN2O. The van der Waals surface area contributed by atoms with Crippen molar-refractivity contribution in [3.63, 3.8) is 0 Å². The lowest BCUT2D eigenvalue weighted by atomic mass is 10.2. The summed E-state index contributed by atoms with van der Waals surface area (Å²) in [6, 6.07) is 14.1. The Morgan fingerprint density at radius 3 is 2.65 bits per heavy atom. The Labute approximate surface area is 143 Å². The zero-order chi connectivity index (χ0) is 16.2. The van der Waals surface area contributed by atoms with Gasteiger partial charge in [0.15, 0.2) is 0 Å². The van der Waals surface area contributed by atoms with Gasteiger partial charge in [-0.1, -0.05) is 41.9 Å². The van der Waals surface area contributed by atoms with Gasteiger partial charge >= 0.3 is 0 Å². The Morgan fingerprint density at radius 2 is 1.83 bits per heavy atom. The third-order valence-corrected chi connectivity index (χ3v) is 4.93. The van der Waals surface area contributed by atoms with Crippen LogP contribution in [0.3, 0.4) is 0 Å². The van der Waals surface area contributed by atoms with Crippen LogP contribution < -0.4 is 4.90 Å². The third-order valence-electron chi connectivity index (χ3n) is 4.50. The van der Waals surface area contributed by atoms with Gasteiger partial charge in [-0.15, -0.1) is 0 Å². The summed E-state index contributed by atoms with van der Waals surface area (Å²) in [6.07, 6.45) is 1.13. The zero-order valence-corrected chi connectivity index (χ0v) is 14.3. The fraction of sp³-hybridized carbons (Fsp3) is 0.368. The van der Waals surface area contributed by atoms with E-state index in [4.69, 9.17) is 11.6 Å². The molecular weight excluding hydrogens is 308 g/mol. The monoisotopic (exact) mass is 330 g/mol. The summed E-state index contributed by atoms with van der Waals surface area (Å²) in [4.78, 5) is 4.89. The minimum Gasteiger partial charge on any atom is -0.506 e. The lowest BCUT2D eigenvalue weighted by Gasteiger charge is -2.25. The number of benzene rings is 2. The molecule has 3 nitrogen and oxygen atoms in total. The van der Waals surface area contributed by atoms with Crippen LogP contribution in [0.25, 0.3) is 0 Å². The molecule has 0 radical (unpaired) electrons. The van der Waals surface area contributed by atoms with E-state index in [0.717, 1.165) is 44.7 Å². The summed E-state index contributed by atoms with van der Waals surface area (Å²) in [5, 5.41) is 10.2. The van der Waals surface area contributed by atoms with Crippen molar-refractivity contribution < 1.29 is 5.11 Å². The number of phenols is 1. The maximum absolute atomic E-state index is 9.75. The molecule has 1 N–H and O–H groups in total. The van der Waals surface area contributed by atoms with Gasteiger partial charge in [-0.3, -0.25) is 4.90 Å². The summed E-state index contributed by atoms with van der Waals surface area (Å²) >= 11 is 6.21. The largest absolute Gasteiger partial charge is 0.506 e. The maximum Gasteiger partial charge on any atom is 0.134 e. The van der Waals surface area contributed by atoms with E-state index < -0.39 is 0 Å². The van der Waals surface area contributed by atoms with E-state index in [-0.39, 0.29) is 5.75 Å². The first-order chi connectivity index (χ1) is 11.1. The Hall–Kier alpha value is -1.71. The van der Waals surface area contributed by atoms with Crippen LogP contribution in [0.2, 0.25) is 5.02 Å². The molecule has 2 aromatic rings. The molecule has 122 valence electrons. The van der Waals surface area contributed by atoms with Crippen LogP contribution in [0.1, 0.15) is 17.5 Å². The number of para-hydroxylation sites is 1. The van der Waals surface area contributed by atoms with Crippen molar-refractivity contribution in [3.05, 3.63) is 58.6 Å². The molecule has 23 heavy (non-hydrogen) atoms. The molecule has 0 aliphatic carbocycles. The first-order valence-electron chi connectivity index (χ1n) is 8.14. The van der Waals surface area contributed by atoms with Crippen molar-refractivity contribution in [3.8, 4) is 5.75 Å². The molecule has 1 aliphatic rings. The van der Waals surface area contributed by atoms with Gasteiger partial charge in [0.05, 0.1) is 5.02 Å². The van der Waals surface area contributed by atoms with Gasteiger partial charge < -0.3 is 10.0 Å². The number of hydrogen-bond donors (Lipinski definition) is 1. The third kappa shape index (κ3) is 3.80. The number of hydrogen-bond acceptors (Lipinski definition) is 3. The second-order valence-corrected chi connectivity index (χ2v) is 6.53. The molecule has 1 saturated heterocycles. The molecule has 0 spiro atoms. The van der Waals surface area contributed by atoms with Crippen molar-refractivity contribution >= 4 is 17.3 Å². The average molecular weight is 331 g/mol. The summed E-state index contributed by atoms with van der Waals surface area (Å²) in [7, 11) is 0. The maximum atomic E-state index is 9.75. The minimum absolute atomic E-state index is 0.167. The number of phenolic OH excluding ortho intramolecular Hbond substituents is 1. The molecule has 0 amide bonds. The van der Waals surface area contributed by atoms with Crippen molar-refractivity contribution in [1.82, 2.24) is 4.90 Å². The number of nitrogens with zero attached hydrogens (tertiary/aromatic N) is 2. The number of aryl methyl sites for hydroxylation is 1. The number of anilines is 1. The SMILES string of the molecule is Cc1ccccc1N1CCCN(Cc2cccc(O)c2Cl)CC1. The summed E-state index contributed by atoms with van der Waals surface area (Å²) in [5.41, 5.74) is 3.66. The quantitative estimate of drug-likeness (QED) is 0.919. The van der Waals surface area contributed by atoms with Crippen LogP contribution in [0.4, 0.5) is 5.69 Å². The predicted molar refractivity (Wildman–Crippen MR) is 96.4 cm³/mol. The van der Waals surface area contributed by atoms with Gasteiger partial charge in [0, 0.05) is 38.4 Å². The first kappa shape index (κ1) is 16.2. The lowest BCUT2D eigenvalue weighted by Crippen LogP contribution is -2.30. The second kappa shape index (κ2) is 7.24. The van der Waals surface area contributed by atoms with Gasteiger partial charge in [-0.05, 0) is 36.6 Å². The molecule has 1 fully saturated rings. The Kier molecular flexibility index (Phi) is 5.09. The molecule has 0 saturated carbocycles. The molecule has 1 heterocycles. The van der Waals surface area contributed by atoms with Gasteiger partial charge in [-0.25, -0.2) is 0 Å². The molecule has 1 aliphatic heterocycles. The summed E-state index contributed by atoms with van der Waals surface area (Å²) in [6.45, 7) is 7.10. The fourth-order valence-electron chi connectivity index (χ4n) is 3.22. The van der Waals surface area contributed by atoms with Gasteiger partial charge in [0.2, 0.25) is 0 Å². The fourth-order valence-corrected chi connectivity index (χ4v) is 3.40. The highest BCUT2D eigenvalue weighted by molar-refractivity contribution is 6.32. The zero-order valence-electron chi connectivity index (χ0n) is 13.5. The highest BCUT2D eigenvalue weighted by Crippen LogP contribution is 2.28. The van der Waals surface area contributed by atoms with Crippen molar-refractivity contribution in [1.29, 1.82) is 0 Å². The van der Waals surface area contributed by atoms with Crippen molar-refractivity contribution in [2.75, 3.05) is 31.1 Å². The standard InChI is InChI=1S/C19H23ClN2O/c1-15-6-2-3-8-17(15)22-11-5-10-21(12-13-22)14-16-7-4-9-18(23)19(16)20/h2-4,6-9,23H,5,10-14H2,1H3. The van der Waals surface area contributed by atoms with Gasteiger partial charge in [-0.2, -0.15) is 0 Å². The first-order valence-corrected chi connectivity index (χ1v) is 8.52. The summed E-state index contributed by atoms with van der Waals surface area (Å²) in [5.74, 6) is 0.167. The van der Waals surface area contributed by atoms with Crippen LogP contribution in [-0.4, -0.2) is 36.2 Å². The lowest BCUT2D eigenvalue weighted by molar-refractivity contribution is 0.285. The smallest absolute Gasteiger partial charge is 0.134 e. The highest BCUT2D eigenvalue weighted by Gasteiger charge is 2.17. The van der Waals surface area contributed by atoms with Crippen LogP contribution in [-0.2, 0) is 6.54 Å². The number of rotatable bonds is 3. The topological polar surface area (TPSA) is 26.7 Å². The normalized spacial score (nSPS) is 16.3.